The first-order chi connectivity index (χ1) is 12.6. The zero-order chi connectivity index (χ0) is 20.2. The molecule has 0 saturated carbocycles. The predicted molar refractivity (Wildman–Crippen MR) is 105 cm³/mol. The molecule has 1 aromatic rings. The normalized spacial score (nSPS) is 17.2. The van der Waals surface area contributed by atoms with Crippen molar-refractivity contribution >= 4 is 29.3 Å². The Balaban J connectivity index is 2.13. The SMILES string of the molecule is CC(=O)Nc1cc(NC(=O)[C@H]2CCCCN2C(=O)OC(C)(C)C)ccc1C. The van der Waals surface area contributed by atoms with E-state index in [9.17, 15) is 14.4 Å². The molecule has 0 radical (unpaired) electrons. The van der Waals surface area contributed by atoms with Gasteiger partial charge in [-0.05, 0) is 64.7 Å². The summed E-state index contributed by atoms with van der Waals surface area (Å²) in [6.45, 7) is 9.23. The van der Waals surface area contributed by atoms with Crippen molar-refractivity contribution in [3.63, 3.8) is 0 Å². The van der Waals surface area contributed by atoms with Gasteiger partial charge in [-0.2, -0.15) is 0 Å². The summed E-state index contributed by atoms with van der Waals surface area (Å²) in [5, 5.41) is 5.60. The van der Waals surface area contributed by atoms with Crippen molar-refractivity contribution in [2.24, 2.45) is 0 Å². The number of hydrogen-bond acceptors (Lipinski definition) is 4. The summed E-state index contributed by atoms with van der Waals surface area (Å²) in [6.07, 6.45) is 1.85. The number of likely N-dealkylation sites (tertiary alicyclic amines) is 1. The second-order valence-corrected chi connectivity index (χ2v) is 7.89. The van der Waals surface area contributed by atoms with Crippen LogP contribution in [0.3, 0.4) is 0 Å². The van der Waals surface area contributed by atoms with Gasteiger partial charge < -0.3 is 15.4 Å². The van der Waals surface area contributed by atoms with Crippen molar-refractivity contribution in [1.29, 1.82) is 0 Å². The Morgan fingerprint density at radius 1 is 1.15 bits per heavy atom. The highest BCUT2D eigenvalue weighted by Crippen LogP contribution is 2.24. The third-order valence-corrected chi connectivity index (χ3v) is 4.25. The molecule has 2 N–H and O–H groups in total. The number of aryl methyl sites for hydroxylation is 1. The summed E-state index contributed by atoms with van der Waals surface area (Å²) < 4.78 is 5.45. The van der Waals surface area contributed by atoms with Crippen molar-refractivity contribution < 1.29 is 19.1 Å². The second-order valence-electron chi connectivity index (χ2n) is 7.89. The van der Waals surface area contributed by atoms with Crippen molar-refractivity contribution in [3.05, 3.63) is 23.8 Å². The van der Waals surface area contributed by atoms with Gasteiger partial charge in [0.2, 0.25) is 11.8 Å². The van der Waals surface area contributed by atoms with Crippen LogP contribution in [0, 0.1) is 6.92 Å². The molecule has 1 atom stereocenters. The maximum atomic E-state index is 12.8. The number of carbonyl (C=O) groups is 3. The molecule has 1 saturated heterocycles. The highest BCUT2D eigenvalue weighted by atomic mass is 16.6. The van der Waals surface area contributed by atoms with Gasteiger partial charge in [-0.3, -0.25) is 14.5 Å². The number of rotatable bonds is 3. The molecule has 1 heterocycles. The van der Waals surface area contributed by atoms with Crippen LogP contribution in [0.2, 0.25) is 0 Å². The molecule has 1 aliphatic heterocycles. The fraction of sp³-hybridized carbons (Fsp3) is 0.550. The van der Waals surface area contributed by atoms with Gasteiger partial charge in [0.25, 0.3) is 0 Å². The maximum absolute atomic E-state index is 12.8. The first kappa shape index (κ1) is 20.7. The third kappa shape index (κ3) is 5.98. The van der Waals surface area contributed by atoms with E-state index in [0.29, 0.717) is 24.3 Å². The molecule has 0 bridgehead atoms. The molecular formula is C20H29N3O4. The largest absolute Gasteiger partial charge is 0.444 e. The lowest BCUT2D eigenvalue weighted by molar-refractivity contribution is -0.122. The summed E-state index contributed by atoms with van der Waals surface area (Å²) in [6, 6.07) is 4.75. The van der Waals surface area contributed by atoms with E-state index >= 15 is 0 Å². The van der Waals surface area contributed by atoms with Gasteiger partial charge in [-0.1, -0.05) is 6.07 Å². The Hall–Kier alpha value is -2.57. The maximum Gasteiger partial charge on any atom is 0.410 e. The zero-order valence-corrected chi connectivity index (χ0v) is 16.7. The van der Waals surface area contributed by atoms with E-state index in [2.05, 4.69) is 10.6 Å². The molecule has 1 aliphatic rings. The lowest BCUT2D eigenvalue weighted by atomic mass is 10.0. The van der Waals surface area contributed by atoms with Gasteiger partial charge >= 0.3 is 6.09 Å². The van der Waals surface area contributed by atoms with Crippen LogP contribution in [-0.2, 0) is 14.3 Å². The molecule has 2 rings (SSSR count). The van der Waals surface area contributed by atoms with Crippen LogP contribution in [0.25, 0.3) is 0 Å². The molecule has 7 heteroatoms. The van der Waals surface area contributed by atoms with Crippen LogP contribution in [0.1, 0.15) is 52.5 Å². The first-order valence-corrected chi connectivity index (χ1v) is 9.25. The van der Waals surface area contributed by atoms with Crippen LogP contribution in [0.15, 0.2) is 18.2 Å². The number of ether oxygens (including phenoxy) is 1. The van der Waals surface area contributed by atoms with E-state index in [0.717, 1.165) is 18.4 Å². The molecule has 0 unspecified atom stereocenters. The topological polar surface area (TPSA) is 87.7 Å². The van der Waals surface area contributed by atoms with E-state index in [-0.39, 0.29) is 11.8 Å². The van der Waals surface area contributed by atoms with Crippen LogP contribution >= 0.6 is 0 Å². The van der Waals surface area contributed by atoms with Crippen LogP contribution in [-0.4, -0.2) is 41.0 Å². The number of hydrogen-bond donors (Lipinski definition) is 2. The number of piperidine rings is 1. The summed E-state index contributed by atoms with van der Waals surface area (Å²) in [7, 11) is 0. The molecule has 0 spiro atoms. The average Bonchev–Trinajstić information content (AvgIpc) is 2.56. The Bertz CT molecular complexity index is 724. The van der Waals surface area contributed by atoms with Crippen LogP contribution in [0.4, 0.5) is 16.2 Å². The Morgan fingerprint density at radius 2 is 1.85 bits per heavy atom. The first-order valence-electron chi connectivity index (χ1n) is 9.25. The number of benzene rings is 1. The number of anilines is 2. The van der Waals surface area contributed by atoms with Crippen LogP contribution in [0.5, 0.6) is 0 Å². The van der Waals surface area contributed by atoms with E-state index in [1.165, 1.54) is 11.8 Å². The fourth-order valence-electron chi connectivity index (χ4n) is 2.99. The summed E-state index contributed by atoms with van der Waals surface area (Å²) in [5.74, 6) is -0.428. The van der Waals surface area contributed by atoms with Gasteiger partial charge in [0.15, 0.2) is 0 Å². The standard InChI is InChI=1S/C20H29N3O4/c1-13-9-10-15(12-16(13)21-14(2)24)22-18(25)17-8-6-7-11-23(17)19(26)27-20(3,4)5/h9-10,12,17H,6-8,11H2,1-5H3,(H,21,24)(H,22,25)/t17-/m1/s1. The quantitative estimate of drug-likeness (QED) is 0.843. The minimum absolute atomic E-state index is 0.176. The summed E-state index contributed by atoms with van der Waals surface area (Å²) in [4.78, 5) is 38.1. The van der Waals surface area contributed by atoms with Gasteiger partial charge in [0.1, 0.15) is 11.6 Å². The van der Waals surface area contributed by atoms with E-state index in [1.807, 2.05) is 13.0 Å². The fourth-order valence-corrected chi connectivity index (χ4v) is 2.99. The molecule has 1 fully saturated rings. The Kier molecular flexibility index (Phi) is 6.46. The molecule has 0 aromatic heterocycles. The van der Waals surface area contributed by atoms with Crippen molar-refractivity contribution in [2.75, 3.05) is 17.2 Å². The second kappa shape index (κ2) is 8.41. The van der Waals surface area contributed by atoms with Gasteiger partial charge in [0.05, 0.1) is 0 Å². The lowest BCUT2D eigenvalue weighted by Crippen LogP contribution is -2.51. The summed E-state index contributed by atoms with van der Waals surface area (Å²) >= 11 is 0. The number of amides is 3. The molecule has 148 valence electrons. The van der Waals surface area contributed by atoms with Gasteiger partial charge in [-0.25, -0.2) is 4.79 Å². The van der Waals surface area contributed by atoms with Crippen molar-refractivity contribution in [3.8, 4) is 0 Å². The van der Waals surface area contributed by atoms with E-state index in [1.54, 1.807) is 32.9 Å². The van der Waals surface area contributed by atoms with Gasteiger partial charge in [-0.15, -0.1) is 0 Å². The average molecular weight is 375 g/mol. The van der Waals surface area contributed by atoms with E-state index in [4.69, 9.17) is 4.74 Å². The monoisotopic (exact) mass is 375 g/mol. The highest BCUT2D eigenvalue weighted by molar-refractivity contribution is 5.98. The predicted octanol–water partition coefficient (Wildman–Crippen LogP) is 3.68. The summed E-state index contributed by atoms with van der Waals surface area (Å²) in [5.41, 5.74) is 1.51. The third-order valence-electron chi connectivity index (χ3n) is 4.25. The minimum Gasteiger partial charge on any atom is -0.444 e. The number of carbonyl (C=O) groups excluding carboxylic acids is 3. The minimum atomic E-state index is -0.611. The molecule has 3 amide bonds. The molecule has 27 heavy (non-hydrogen) atoms. The number of nitrogens with one attached hydrogen (secondary N) is 2. The molecule has 1 aromatic carbocycles. The molecular weight excluding hydrogens is 346 g/mol. The lowest BCUT2D eigenvalue weighted by Gasteiger charge is -2.35. The highest BCUT2D eigenvalue weighted by Gasteiger charge is 2.34. The Labute approximate surface area is 160 Å². The Morgan fingerprint density at radius 3 is 2.48 bits per heavy atom. The zero-order valence-electron chi connectivity index (χ0n) is 16.7. The molecule has 0 aliphatic carbocycles. The van der Waals surface area contributed by atoms with Crippen molar-refractivity contribution in [1.82, 2.24) is 4.90 Å². The van der Waals surface area contributed by atoms with E-state index < -0.39 is 17.7 Å². The van der Waals surface area contributed by atoms with Gasteiger partial charge in [0, 0.05) is 24.8 Å². The number of nitrogens with zero attached hydrogens (tertiary/aromatic N) is 1. The molecule has 7 nitrogen and oxygen atoms in total. The smallest absolute Gasteiger partial charge is 0.410 e. The van der Waals surface area contributed by atoms with Crippen LogP contribution < -0.4 is 10.6 Å². The van der Waals surface area contributed by atoms with Crippen molar-refractivity contribution in [2.45, 2.75) is 65.5 Å².